The summed E-state index contributed by atoms with van der Waals surface area (Å²) < 4.78 is 14.7. The molecule has 1 aromatic rings. The molecule has 0 saturated heterocycles. The monoisotopic (exact) mass is 329 g/mol. The van der Waals surface area contributed by atoms with Crippen molar-refractivity contribution in [3.05, 3.63) is 34.1 Å². The lowest BCUT2D eigenvalue weighted by Gasteiger charge is -2.42. The Labute approximate surface area is 122 Å². The fraction of sp³-hybridized carbons (Fsp3) is 0.600. The highest BCUT2D eigenvalue weighted by molar-refractivity contribution is 9.10. The molecule has 0 bridgehead atoms. The lowest BCUT2D eigenvalue weighted by molar-refractivity contribution is -0.0103. The Morgan fingerprint density at radius 3 is 2.68 bits per heavy atom. The summed E-state index contributed by atoms with van der Waals surface area (Å²) in [6, 6.07) is 4.69. The van der Waals surface area contributed by atoms with Crippen molar-refractivity contribution in [1.29, 1.82) is 0 Å². The molecule has 106 valence electrons. The second-order valence-electron chi connectivity index (χ2n) is 5.82. The Bertz CT molecular complexity index is 444. The predicted molar refractivity (Wildman–Crippen MR) is 78.2 cm³/mol. The molecule has 1 aliphatic rings. The molecular formula is C15H21BrFNO. The fourth-order valence-electron chi connectivity index (χ4n) is 2.98. The van der Waals surface area contributed by atoms with Crippen molar-refractivity contribution >= 4 is 15.9 Å². The van der Waals surface area contributed by atoms with Gasteiger partial charge in [0, 0.05) is 22.0 Å². The first-order valence-corrected chi connectivity index (χ1v) is 7.61. The standard InChI is InChI=1S/C15H21BrFNO/c1-10-4-6-15(9-18,7-5-10)14(19)12-8-11(16)2-3-13(12)17/h2-3,8,10,14,19H,4-7,9,18H2,1H3. The Kier molecular flexibility index (Phi) is 4.64. The molecule has 0 spiro atoms. The van der Waals surface area contributed by atoms with E-state index >= 15 is 0 Å². The van der Waals surface area contributed by atoms with Crippen molar-refractivity contribution in [2.75, 3.05) is 6.54 Å². The minimum Gasteiger partial charge on any atom is -0.388 e. The molecule has 0 amide bonds. The van der Waals surface area contributed by atoms with Crippen molar-refractivity contribution in [2.45, 2.75) is 38.7 Å². The molecule has 4 heteroatoms. The van der Waals surface area contributed by atoms with Crippen LogP contribution in [0.3, 0.4) is 0 Å². The van der Waals surface area contributed by atoms with Crippen molar-refractivity contribution in [3.63, 3.8) is 0 Å². The quantitative estimate of drug-likeness (QED) is 0.886. The lowest BCUT2D eigenvalue weighted by atomic mass is 9.66. The Hall–Kier alpha value is -0.450. The summed E-state index contributed by atoms with van der Waals surface area (Å²) in [6.45, 7) is 2.61. The molecule has 1 saturated carbocycles. The molecule has 1 aliphatic carbocycles. The van der Waals surface area contributed by atoms with Crippen LogP contribution in [0.1, 0.15) is 44.3 Å². The van der Waals surface area contributed by atoms with Gasteiger partial charge in [-0.05, 0) is 37.0 Å². The molecule has 0 radical (unpaired) electrons. The van der Waals surface area contributed by atoms with Crippen LogP contribution in [0.4, 0.5) is 4.39 Å². The number of hydrogen-bond donors (Lipinski definition) is 2. The van der Waals surface area contributed by atoms with Crippen molar-refractivity contribution in [2.24, 2.45) is 17.1 Å². The fourth-order valence-corrected chi connectivity index (χ4v) is 3.36. The van der Waals surface area contributed by atoms with Crippen molar-refractivity contribution in [1.82, 2.24) is 0 Å². The average Bonchev–Trinajstić information content (AvgIpc) is 2.42. The van der Waals surface area contributed by atoms with Gasteiger partial charge in [-0.3, -0.25) is 0 Å². The minimum absolute atomic E-state index is 0.356. The molecule has 0 aliphatic heterocycles. The second kappa shape index (κ2) is 5.90. The van der Waals surface area contributed by atoms with Crippen LogP contribution in [-0.4, -0.2) is 11.7 Å². The average molecular weight is 330 g/mol. The van der Waals surface area contributed by atoms with E-state index in [-0.39, 0.29) is 11.2 Å². The summed E-state index contributed by atoms with van der Waals surface area (Å²) in [5.74, 6) is 0.307. The first-order valence-electron chi connectivity index (χ1n) is 6.81. The zero-order valence-electron chi connectivity index (χ0n) is 11.2. The van der Waals surface area contributed by atoms with E-state index in [1.807, 2.05) is 0 Å². The van der Waals surface area contributed by atoms with Gasteiger partial charge < -0.3 is 10.8 Å². The van der Waals surface area contributed by atoms with Crippen LogP contribution in [0.25, 0.3) is 0 Å². The first kappa shape index (κ1) is 14.9. The summed E-state index contributed by atoms with van der Waals surface area (Å²) in [7, 11) is 0. The van der Waals surface area contributed by atoms with Gasteiger partial charge >= 0.3 is 0 Å². The van der Waals surface area contributed by atoms with E-state index in [9.17, 15) is 9.50 Å². The van der Waals surface area contributed by atoms with Crippen LogP contribution in [0, 0.1) is 17.2 Å². The van der Waals surface area contributed by atoms with E-state index in [1.54, 1.807) is 12.1 Å². The maximum atomic E-state index is 13.9. The van der Waals surface area contributed by atoms with Crippen LogP contribution in [0.2, 0.25) is 0 Å². The summed E-state index contributed by atoms with van der Waals surface area (Å²) in [4.78, 5) is 0. The van der Waals surface area contributed by atoms with Crippen LogP contribution in [-0.2, 0) is 0 Å². The Morgan fingerprint density at radius 2 is 2.11 bits per heavy atom. The van der Waals surface area contributed by atoms with E-state index in [2.05, 4.69) is 22.9 Å². The molecule has 0 heterocycles. The molecule has 3 N–H and O–H groups in total. The molecule has 0 aromatic heterocycles. The summed E-state index contributed by atoms with van der Waals surface area (Å²) in [5, 5.41) is 10.6. The third-order valence-electron chi connectivity index (χ3n) is 4.51. The van der Waals surface area contributed by atoms with E-state index < -0.39 is 6.10 Å². The number of aliphatic hydroxyl groups is 1. The third-order valence-corrected chi connectivity index (χ3v) is 5.00. The predicted octanol–water partition coefficient (Wildman–Crippen LogP) is 3.78. The maximum absolute atomic E-state index is 13.9. The van der Waals surface area contributed by atoms with Gasteiger partial charge in [-0.15, -0.1) is 0 Å². The molecule has 19 heavy (non-hydrogen) atoms. The number of nitrogens with two attached hydrogens (primary N) is 1. The largest absolute Gasteiger partial charge is 0.388 e. The highest BCUT2D eigenvalue weighted by atomic mass is 79.9. The van der Waals surface area contributed by atoms with Crippen LogP contribution < -0.4 is 5.73 Å². The van der Waals surface area contributed by atoms with E-state index in [4.69, 9.17) is 5.73 Å². The second-order valence-corrected chi connectivity index (χ2v) is 6.73. The van der Waals surface area contributed by atoms with Gasteiger partial charge in [0.25, 0.3) is 0 Å². The number of aliphatic hydroxyl groups excluding tert-OH is 1. The Morgan fingerprint density at radius 1 is 1.47 bits per heavy atom. The molecule has 2 nitrogen and oxygen atoms in total. The molecule has 1 fully saturated rings. The number of hydrogen-bond acceptors (Lipinski definition) is 2. The lowest BCUT2D eigenvalue weighted by Crippen LogP contribution is -2.40. The highest BCUT2D eigenvalue weighted by Crippen LogP contribution is 2.47. The molecule has 1 atom stereocenters. The summed E-state index contributed by atoms with van der Waals surface area (Å²) in [5.41, 5.74) is 5.89. The van der Waals surface area contributed by atoms with Crippen LogP contribution in [0.15, 0.2) is 22.7 Å². The molecule has 2 rings (SSSR count). The van der Waals surface area contributed by atoms with Crippen molar-refractivity contribution < 1.29 is 9.50 Å². The van der Waals surface area contributed by atoms with Gasteiger partial charge in [0.15, 0.2) is 0 Å². The van der Waals surface area contributed by atoms with Gasteiger partial charge in [-0.2, -0.15) is 0 Å². The van der Waals surface area contributed by atoms with Gasteiger partial charge in [-0.1, -0.05) is 35.7 Å². The van der Waals surface area contributed by atoms with E-state index in [0.717, 1.165) is 30.2 Å². The number of benzene rings is 1. The molecular weight excluding hydrogens is 309 g/mol. The summed E-state index contributed by atoms with van der Waals surface area (Å²) >= 11 is 3.33. The Balaban J connectivity index is 2.30. The zero-order chi connectivity index (χ0) is 14.0. The van der Waals surface area contributed by atoms with Gasteiger partial charge in [0.2, 0.25) is 0 Å². The van der Waals surface area contributed by atoms with Gasteiger partial charge in [0.05, 0.1) is 6.10 Å². The maximum Gasteiger partial charge on any atom is 0.129 e. The van der Waals surface area contributed by atoms with Crippen LogP contribution in [0.5, 0.6) is 0 Å². The summed E-state index contributed by atoms with van der Waals surface area (Å²) in [6.07, 6.45) is 2.98. The van der Waals surface area contributed by atoms with E-state index in [0.29, 0.717) is 18.0 Å². The molecule has 1 aromatic carbocycles. The van der Waals surface area contributed by atoms with Gasteiger partial charge in [0.1, 0.15) is 5.82 Å². The number of halogens is 2. The van der Waals surface area contributed by atoms with Gasteiger partial charge in [-0.25, -0.2) is 4.39 Å². The molecule has 1 unspecified atom stereocenters. The smallest absolute Gasteiger partial charge is 0.129 e. The SMILES string of the molecule is CC1CCC(CN)(C(O)c2cc(Br)ccc2F)CC1. The van der Waals surface area contributed by atoms with Crippen LogP contribution >= 0.6 is 15.9 Å². The normalized spacial score (nSPS) is 29.2. The number of rotatable bonds is 3. The third kappa shape index (κ3) is 3.01. The van der Waals surface area contributed by atoms with Crippen molar-refractivity contribution in [3.8, 4) is 0 Å². The first-order chi connectivity index (χ1) is 8.98. The minimum atomic E-state index is -0.831. The highest BCUT2D eigenvalue weighted by Gasteiger charge is 2.41. The topological polar surface area (TPSA) is 46.2 Å². The zero-order valence-corrected chi connectivity index (χ0v) is 12.8. The van der Waals surface area contributed by atoms with E-state index in [1.165, 1.54) is 6.07 Å².